The van der Waals surface area contributed by atoms with Crippen LogP contribution in [0.5, 0.6) is 0 Å². The first-order valence-electron chi connectivity index (χ1n) is 10.6. The Morgan fingerprint density at radius 3 is 2.72 bits per heavy atom. The van der Waals surface area contributed by atoms with Crippen molar-refractivity contribution in [3.8, 4) is 0 Å². The number of imidazole rings is 1. The van der Waals surface area contributed by atoms with Gasteiger partial charge in [0.2, 0.25) is 0 Å². The van der Waals surface area contributed by atoms with Gasteiger partial charge in [-0.05, 0) is 39.7 Å². The smallest absolute Gasteiger partial charge is 0.330 e. The summed E-state index contributed by atoms with van der Waals surface area (Å²) in [5.74, 6) is 0.466. The molecule has 0 aromatic carbocycles. The second-order valence-electron chi connectivity index (χ2n) is 7.54. The number of rotatable bonds is 8. The standard InChI is InChI=1S/C20H31N5O4/c1-4-7-11-25-17-16(18(26)22-20(25)28)24(5-2)15(21-17)13-23-10-8-9-14(12-23)19(27)29-6-3/h14H,4-13H2,1-3H3,(H,22,26,28). The van der Waals surface area contributed by atoms with Gasteiger partial charge in [-0.2, -0.15) is 0 Å². The Bertz CT molecular complexity index is 974. The number of piperidine rings is 1. The van der Waals surface area contributed by atoms with E-state index in [0.29, 0.717) is 43.9 Å². The van der Waals surface area contributed by atoms with Gasteiger partial charge >= 0.3 is 11.7 Å². The average Bonchev–Trinajstić information content (AvgIpc) is 3.06. The van der Waals surface area contributed by atoms with Crippen molar-refractivity contribution in [2.45, 2.75) is 66.1 Å². The number of aryl methyl sites for hydroxylation is 2. The first kappa shape index (κ1) is 21.3. The van der Waals surface area contributed by atoms with Gasteiger partial charge < -0.3 is 9.30 Å². The van der Waals surface area contributed by atoms with E-state index in [0.717, 1.165) is 38.1 Å². The van der Waals surface area contributed by atoms with Gasteiger partial charge in [0.05, 0.1) is 19.1 Å². The minimum Gasteiger partial charge on any atom is -0.466 e. The molecule has 29 heavy (non-hydrogen) atoms. The van der Waals surface area contributed by atoms with E-state index in [1.807, 2.05) is 18.4 Å². The van der Waals surface area contributed by atoms with Crippen LogP contribution in [0.2, 0.25) is 0 Å². The number of fused-ring (bicyclic) bond motifs is 1. The minimum atomic E-state index is -0.413. The average molecular weight is 405 g/mol. The zero-order chi connectivity index (χ0) is 21.0. The number of aromatic amines is 1. The highest BCUT2D eigenvalue weighted by Crippen LogP contribution is 2.21. The number of nitrogens with one attached hydrogen (secondary N) is 1. The van der Waals surface area contributed by atoms with Gasteiger partial charge in [0.15, 0.2) is 11.2 Å². The third-order valence-electron chi connectivity index (χ3n) is 5.51. The second-order valence-corrected chi connectivity index (χ2v) is 7.54. The summed E-state index contributed by atoms with van der Waals surface area (Å²) in [7, 11) is 0. The predicted molar refractivity (Wildman–Crippen MR) is 110 cm³/mol. The predicted octanol–water partition coefficient (Wildman–Crippen LogP) is 1.48. The monoisotopic (exact) mass is 405 g/mol. The van der Waals surface area contributed by atoms with E-state index >= 15 is 0 Å². The minimum absolute atomic E-state index is 0.130. The lowest BCUT2D eigenvalue weighted by atomic mass is 9.98. The molecule has 1 fully saturated rings. The quantitative estimate of drug-likeness (QED) is 0.668. The molecule has 0 saturated carbocycles. The molecular formula is C20H31N5O4. The molecule has 2 aromatic heterocycles. The van der Waals surface area contributed by atoms with Gasteiger partial charge in [-0.15, -0.1) is 0 Å². The zero-order valence-electron chi connectivity index (χ0n) is 17.6. The Balaban J connectivity index is 1.93. The molecular weight excluding hydrogens is 374 g/mol. The van der Waals surface area contributed by atoms with Crippen LogP contribution in [-0.2, 0) is 29.2 Å². The molecule has 2 aromatic rings. The number of esters is 1. The molecule has 160 valence electrons. The highest BCUT2D eigenvalue weighted by Gasteiger charge is 2.28. The Labute approximate surface area is 169 Å². The molecule has 1 saturated heterocycles. The molecule has 0 aliphatic carbocycles. The largest absolute Gasteiger partial charge is 0.466 e. The molecule has 0 amide bonds. The maximum Gasteiger partial charge on any atom is 0.330 e. The van der Waals surface area contributed by atoms with Crippen molar-refractivity contribution in [2.24, 2.45) is 5.92 Å². The topological polar surface area (TPSA) is 102 Å². The molecule has 1 aliphatic heterocycles. The van der Waals surface area contributed by atoms with Crippen LogP contribution in [0.1, 0.15) is 52.3 Å². The number of aromatic nitrogens is 4. The SMILES string of the molecule is CCCCn1c(=O)[nH]c(=O)c2c1nc(CN1CCCC(C(=O)OCC)C1)n2CC. The van der Waals surface area contributed by atoms with E-state index in [4.69, 9.17) is 9.72 Å². The van der Waals surface area contributed by atoms with Crippen molar-refractivity contribution in [1.29, 1.82) is 0 Å². The number of unbranched alkanes of at least 4 members (excludes halogenated alkanes) is 1. The summed E-state index contributed by atoms with van der Waals surface area (Å²) < 4.78 is 8.63. The molecule has 0 bridgehead atoms. The van der Waals surface area contributed by atoms with Crippen LogP contribution in [0, 0.1) is 5.92 Å². The number of H-pyrrole nitrogens is 1. The second kappa shape index (κ2) is 9.39. The number of nitrogens with zero attached hydrogens (tertiary/aromatic N) is 4. The number of hydrogen-bond donors (Lipinski definition) is 1. The number of likely N-dealkylation sites (tertiary alicyclic amines) is 1. The fraction of sp³-hybridized carbons (Fsp3) is 0.700. The zero-order valence-corrected chi connectivity index (χ0v) is 17.6. The normalized spacial score (nSPS) is 17.7. The Morgan fingerprint density at radius 1 is 1.24 bits per heavy atom. The van der Waals surface area contributed by atoms with E-state index in [-0.39, 0.29) is 11.9 Å². The molecule has 0 spiro atoms. The molecule has 1 atom stereocenters. The molecule has 1 unspecified atom stereocenters. The number of hydrogen-bond acceptors (Lipinski definition) is 6. The summed E-state index contributed by atoms with van der Waals surface area (Å²) in [5.41, 5.74) is 0.0742. The Morgan fingerprint density at radius 2 is 2.03 bits per heavy atom. The van der Waals surface area contributed by atoms with Crippen molar-refractivity contribution >= 4 is 17.1 Å². The van der Waals surface area contributed by atoms with Crippen molar-refractivity contribution in [1.82, 2.24) is 24.0 Å². The Hall–Kier alpha value is -2.42. The number of ether oxygens (including phenoxy) is 1. The summed E-state index contributed by atoms with van der Waals surface area (Å²) >= 11 is 0. The molecule has 0 radical (unpaired) electrons. The van der Waals surface area contributed by atoms with Gasteiger partial charge in [-0.1, -0.05) is 13.3 Å². The van der Waals surface area contributed by atoms with E-state index < -0.39 is 11.2 Å². The summed E-state index contributed by atoms with van der Waals surface area (Å²) in [6.07, 6.45) is 3.52. The molecule has 9 heteroatoms. The third-order valence-corrected chi connectivity index (χ3v) is 5.51. The van der Waals surface area contributed by atoms with E-state index in [1.165, 1.54) is 0 Å². The molecule has 3 heterocycles. The third kappa shape index (κ3) is 4.44. The van der Waals surface area contributed by atoms with E-state index in [2.05, 4.69) is 16.8 Å². The van der Waals surface area contributed by atoms with E-state index in [9.17, 15) is 14.4 Å². The fourth-order valence-electron chi connectivity index (χ4n) is 4.05. The van der Waals surface area contributed by atoms with Crippen molar-refractivity contribution in [2.75, 3.05) is 19.7 Å². The van der Waals surface area contributed by atoms with Crippen LogP contribution >= 0.6 is 0 Å². The number of carbonyl (C=O) groups is 1. The van der Waals surface area contributed by atoms with Crippen LogP contribution in [0.25, 0.3) is 11.2 Å². The van der Waals surface area contributed by atoms with Crippen molar-refractivity contribution in [3.63, 3.8) is 0 Å². The fourth-order valence-corrected chi connectivity index (χ4v) is 4.05. The lowest BCUT2D eigenvalue weighted by molar-refractivity contribution is -0.150. The first-order valence-corrected chi connectivity index (χ1v) is 10.6. The molecule has 3 rings (SSSR count). The highest BCUT2D eigenvalue weighted by molar-refractivity contribution is 5.73. The van der Waals surface area contributed by atoms with E-state index in [1.54, 1.807) is 4.57 Å². The van der Waals surface area contributed by atoms with Gasteiger partial charge in [-0.3, -0.25) is 24.0 Å². The number of carbonyl (C=O) groups excluding carboxylic acids is 1. The summed E-state index contributed by atoms with van der Waals surface area (Å²) in [4.78, 5) is 46.3. The van der Waals surface area contributed by atoms with Gasteiger partial charge in [0.1, 0.15) is 5.82 Å². The molecule has 1 aliphatic rings. The van der Waals surface area contributed by atoms with Gasteiger partial charge in [0, 0.05) is 19.6 Å². The van der Waals surface area contributed by atoms with Crippen LogP contribution in [0.4, 0.5) is 0 Å². The highest BCUT2D eigenvalue weighted by atomic mass is 16.5. The van der Waals surface area contributed by atoms with Crippen LogP contribution in [0.3, 0.4) is 0 Å². The summed E-state index contributed by atoms with van der Waals surface area (Å²) in [6.45, 7) is 9.33. The van der Waals surface area contributed by atoms with Gasteiger partial charge in [-0.25, -0.2) is 9.78 Å². The summed E-state index contributed by atoms with van der Waals surface area (Å²) in [6, 6.07) is 0. The van der Waals surface area contributed by atoms with Crippen molar-refractivity contribution in [3.05, 3.63) is 26.7 Å². The van der Waals surface area contributed by atoms with Crippen LogP contribution in [0.15, 0.2) is 9.59 Å². The lowest BCUT2D eigenvalue weighted by Crippen LogP contribution is -2.39. The van der Waals surface area contributed by atoms with Crippen LogP contribution in [-0.4, -0.2) is 49.7 Å². The maximum absolute atomic E-state index is 12.5. The lowest BCUT2D eigenvalue weighted by Gasteiger charge is -2.31. The maximum atomic E-state index is 12.5. The van der Waals surface area contributed by atoms with Crippen LogP contribution < -0.4 is 11.2 Å². The summed E-state index contributed by atoms with van der Waals surface area (Å²) in [5, 5.41) is 0. The Kier molecular flexibility index (Phi) is 6.89. The molecule has 1 N–H and O–H groups in total. The van der Waals surface area contributed by atoms with Crippen molar-refractivity contribution < 1.29 is 9.53 Å². The molecule has 9 nitrogen and oxygen atoms in total. The first-order chi connectivity index (χ1) is 14.0. The van der Waals surface area contributed by atoms with Gasteiger partial charge in [0.25, 0.3) is 5.56 Å².